The van der Waals surface area contributed by atoms with Crippen molar-refractivity contribution in [3.63, 3.8) is 0 Å². The first-order valence-electron chi connectivity index (χ1n) is 7.92. The zero-order valence-electron chi connectivity index (χ0n) is 14.3. The van der Waals surface area contributed by atoms with Crippen LogP contribution < -0.4 is 10.1 Å². The fraction of sp³-hybridized carbons (Fsp3) is 0.158. The fourth-order valence-electron chi connectivity index (χ4n) is 2.42. The molecule has 1 heterocycles. The molecule has 0 saturated carbocycles. The molecule has 1 N–H and O–H groups in total. The second kappa shape index (κ2) is 7.35. The van der Waals surface area contributed by atoms with E-state index >= 15 is 0 Å². The molecule has 3 aromatic rings. The summed E-state index contributed by atoms with van der Waals surface area (Å²) in [4.78, 5) is 12.1. The molecule has 0 atom stereocenters. The molecule has 134 valence electrons. The van der Waals surface area contributed by atoms with E-state index in [4.69, 9.17) is 4.74 Å². The minimum Gasteiger partial charge on any atom is -0.471 e. The first-order chi connectivity index (χ1) is 12.4. The molecule has 3 rings (SSSR count). The van der Waals surface area contributed by atoms with Gasteiger partial charge in [-0.05, 0) is 43.7 Å². The predicted octanol–water partition coefficient (Wildman–Crippen LogP) is 4.07. The molecular formula is C19H17F2N3O2. The number of benzene rings is 2. The van der Waals surface area contributed by atoms with Gasteiger partial charge in [0.05, 0.1) is 0 Å². The third kappa shape index (κ3) is 4.05. The van der Waals surface area contributed by atoms with Gasteiger partial charge in [0.1, 0.15) is 5.75 Å². The van der Waals surface area contributed by atoms with Gasteiger partial charge in [-0.15, -0.1) is 0 Å². The molecule has 1 amide bonds. The monoisotopic (exact) mass is 357 g/mol. The van der Waals surface area contributed by atoms with Crippen LogP contribution in [-0.2, 0) is 6.73 Å². The lowest BCUT2D eigenvalue weighted by Crippen LogP contribution is -2.14. The lowest BCUT2D eigenvalue weighted by molar-refractivity contribution is 0.102. The van der Waals surface area contributed by atoms with E-state index in [1.807, 2.05) is 32.0 Å². The quantitative estimate of drug-likeness (QED) is 0.749. The van der Waals surface area contributed by atoms with Crippen molar-refractivity contribution in [1.82, 2.24) is 9.78 Å². The Hall–Kier alpha value is -3.22. The minimum atomic E-state index is -1.03. The molecule has 0 saturated heterocycles. The van der Waals surface area contributed by atoms with Crippen molar-refractivity contribution in [2.45, 2.75) is 20.6 Å². The Morgan fingerprint density at radius 2 is 1.92 bits per heavy atom. The number of hydrogen-bond acceptors (Lipinski definition) is 3. The number of ether oxygens (including phenoxy) is 1. The van der Waals surface area contributed by atoms with Gasteiger partial charge in [-0.3, -0.25) is 4.79 Å². The SMILES string of the molecule is Cc1ccc(OCn2ccc(C(=O)Nc3ccc(F)c(F)c3)n2)c(C)c1. The maximum absolute atomic E-state index is 13.2. The zero-order chi connectivity index (χ0) is 18.7. The van der Waals surface area contributed by atoms with Crippen LogP contribution in [-0.4, -0.2) is 15.7 Å². The van der Waals surface area contributed by atoms with Gasteiger partial charge in [-0.25, -0.2) is 13.5 Å². The molecule has 0 fully saturated rings. The number of nitrogens with zero attached hydrogens (tertiary/aromatic N) is 2. The summed E-state index contributed by atoms with van der Waals surface area (Å²) in [6.07, 6.45) is 1.60. The van der Waals surface area contributed by atoms with E-state index in [-0.39, 0.29) is 18.1 Å². The standard InChI is InChI=1S/C19H17F2N3O2/c1-12-3-6-18(13(2)9-12)26-11-24-8-7-17(23-24)19(25)22-14-4-5-15(20)16(21)10-14/h3-10H,11H2,1-2H3,(H,22,25). The average molecular weight is 357 g/mol. The van der Waals surface area contributed by atoms with Crippen LogP contribution in [0.1, 0.15) is 21.6 Å². The Kier molecular flexibility index (Phi) is 4.97. The zero-order valence-corrected chi connectivity index (χ0v) is 14.3. The highest BCUT2D eigenvalue weighted by Crippen LogP contribution is 2.19. The van der Waals surface area contributed by atoms with Crippen molar-refractivity contribution in [2.24, 2.45) is 0 Å². The number of aromatic nitrogens is 2. The smallest absolute Gasteiger partial charge is 0.276 e. The largest absolute Gasteiger partial charge is 0.471 e. The van der Waals surface area contributed by atoms with Crippen LogP contribution in [0.25, 0.3) is 0 Å². The number of carbonyl (C=O) groups excluding carboxylic acids is 1. The predicted molar refractivity (Wildman–Crippen MR) is 93.1 cm³/mol. The molecule has 0 aliphatic rings. The van der Waals surface area contributed by atoms with Gasteiger partial charge in [-0.1, -0.05) is 17.7 Å². The van der Waals surface area contributed by atoms with Gasteiger partial charge < -0.3 is 10.1 Å². The summed E-state index contributed by atoms with van der Waals surface area (Å²) in [6.45, 7) is 4.09. The highest BCUT2D eigenvalue weighted by Gasteiger charge is 2.12. The van der Waals surface area contributed by atoms with Crippen molar-refractivity contribution in [2.75, 3.05) is 5.32 Å². The van der Waals surface area contributed by atoms with Crippen LogP contribution in [0.4, 0.5) is 14.5 Å². The highest BCUT2D eigenvalue weighted by atomic mass is 19.2. The Bertz CT molecular complexity index is 954. The molecule has 1 aromatic heterocycles. The molecule has 0 spiro atoms. The van der Waals surface area contributed by atoms with E-state index in [1.54, 1.807) is 6.20 Å². The molecule has 0 unspecified atom stereocenters. The van der Waals surface area contributed by atoms with Crippen molar-refractivity contribution in [3.8, 4) is 5.75 Å². The highest BCUT2D eigenvalue weighted by molar-refractivity contribution is 6.02. The molecule has 26 heavy (non-hydrogen) atoms. The van der Waals surface area contributed by atoms with Gasteiger partial charge in [0.2, 0.25) is 0 Å². The second-order valence-corrected chi connectivity index (χ2v) is 5.87. The summed E-state index contributed by atoms with van der Waals surface area (Å²) in [7, 11) is 0. The lowest BCUT2D eigenvalue weighted by Gasteiger charge is -2.09. The van der Waals surface area contributed by atoms with E-state index in [0.29, 0.717) is 0 Å². The second-order valence-electron chi connectivity index (χ2n) is 5.87. The third-order valence-electron chi connectivity index (χ3n) is 3.73. The van der Waals surface area contributed by atoms with Gasteiger partial charge in [-0.2, -0.15) is 5.10 Å². The number of rotatable bonds is 5. The van der Waals surface area contributed by atoms with Crippen molar-refractivity contribution in [3.05, 3.63) is 77.1 Å². The van der Waals surface area contributed by atoms with E-state index in [2.05, 4.69) is 10.4 Å². The summed E-state index contributed by atoms with van der Waals surface area (Å²) in [5, 5.41) is 6.59. The average Bonchev–Trinajstić information content (AvgIpc) is 3.06. The van der Waals surface area contributed by atoms with E-state index in [1.165, 1.54) is 16.8 Å². The number of amides is 1. The Morgan fingerprint density at radius 3 is 2.65 bits per heavy atom. The number of anilines is 1. The van der Waals surface area contributed by atoms with Gasteiger partial charge in [0, 0.05) is 18.0 Å². The number of aryl methyl sites for hydroxylation is 2. The maximum Gasteiger partial charge on any atom is 0.276 e. The Labute approximate surface area is 149 Å². The van der Waals surface area contributed by atoms with Crippen LogP contribution in [0.3, 0.4) is 0 Å². The summed E-state index contributed by atoms with van der Waals surface area (Å²) in [5.74, 6) is -1.80. The van der Waals surface area contributed by atoms with Gasteiger partial charge >= 0.3 is 0 Å². The number of halogens is 2. The molecule has 0 aliphatic carbocycles. The first-order valence-corrected chi connectivity index (χ1v) is 7.92. The van der Waals surface area contributed by atoms with Crippen molar-refractivity contribution in [1.29, 1.82) is 0 Å². The molecule has 2 aromatic carbocycles. The molecule has 0 radical (unpaired) electrons. The molecule has 0 bridgehead atoms. The van der Waals surface area contributed by atoms with Crippen LogP contribution in [0.5, 0.6) is 5.75 Å². The summed E-state index contributed by atoms with van der Waals surface area (Å²) in [5.41, 5.74) is 2.44. The van der Waals surface area contributed by atoms with E-state index < -0.39 is 17.5 Å². The Morgan fingerprint density at radius 1 is 1.12 bits per heavy atom. The summed E-state index contributed by atoms with van der Waals surface area (Å²) >= 11 is 0. The van der Waals surface area contributed by atoms with Crippen LogP contribution >= 0.6 is 0 Å². The van der Waals surface area contributed by atoms with Crippen LogP contribution in [0, 0.1) is 25.5 Å². The summed E-state index contributed by atoms with van der Waals surface area (Å²) in [6, 6.07) is 10.5. The minimum absolute atomic E-state index is 0.138. The number of nitrogens with one attached hydrogen (secondary N) is 1. The van der Waals surface area contributed by atoms with Crippen LogP contribution in [0.2, 0.25) is 0 Å². The van der Waals surface area contributed by atoms with E-state index in [0.717, 1.165) is 29.0 Å². The molecule has 5 nitrogen and oxygen atoms in total. The maximum atomic E-state index is 13.2. The molecule has 7 heteroatoms. The van der Waals surface area contributed by atoms with E-state index in [9.17, 15) is 13.6 Å². The Balaban J connectivity index is 1.63. The molecule has 0 aliphatic heterocycles. The normalized spacial score (nSPS) is 10.6. The first kappa shape index (κ1) is 17.6. The van der Waals surface area contributed by atoms with Crippen molar-refractivity contribution >= 4 is 11.6 Å². The topological polar surface area (TPSA) is 56.1 Å². The van der Waals surface area contributed by atoms with Gasteiger partial charge in [0.15, 0.2) is 24.1 Å². The fourth-order valence-corrected chi connectivity index (χ4v) is 2.42. The third-order valence-corrected chi connectivity index (χ3v) is 3.73. The van der Waals surface area contributed by atoms with Crippen molar-refractivity contribution < 1.29 is 18.3 Å². The van der Waals surface area contributed by atoms with Gasteiger partial charge in [0.25, 0.3) is 5.91 Å². The lowest BCUT2D eigenvalue weighted by atomic mass is 10.1. The van der Waals surface area contributed by atoms with Crippen LogP contribution in [0.15, 0.2) is 48.7 Å². The number of hydrogen-bond donors (Lipinski definition) is 1. The number of carbonyl (C=O) groups is 1. The summed E-state index contributed by atoms with van der Waals surface area (Å²) < 4.78 is 33.3. The molecular weight excluding hydrogens is 340 g/mol.